The highest BCUT2D eigenvalue weighted by Gasteiger charge is 2.15. The summed E-state index contributed by atoms with van der Waals surface area (Å²) in [5.74, 6) is 0. The largest absolute Gasteiger partial charge is 0.353 e. The van der Waals surface area contributed by atoms with Crippen LogP contribution in [0.1, 0.15) is 0 Å². The van der Waals surface area contributed by atoms with E-state index in [0.29, 0.717) is 0 Å². The molecule has 2 aromatic rings. The number of nitrogens with one attached hydrogen (secondary N) is 1. The van der Waals surface area contributed by atoms with Crippen LogP contribution < -0.4 is 5.73 Å². The van der Waals surface area contributed by atoms with E-state index in [2.05, 4.69) is 14.2 Å². The van der Waals surface area contributed by atoms with Gasteiger partial charge in [0.15, 0.2) is 0 Å². The molecule has 0 saturated heterocycles. The first-order valence-corrected chi connectivity index (χ1v) is 6.47. The second kappa shape index (κ2) is 7.07. The molecule has 0 bridgehead atoms. The predicted octanol–water partition coefficient (Wildman–Crippen LogP) is 0.762. The Balaban J connectivity index is 0.000000250. The lowest BCUT2D eigenvalue weighted by Crippen LogP contribution is -2.19. The molecule has 0 aliphatic carbocycles. The maximum absolute atomic E-state index is 11.2. The van der Waals surface area contributed by atoms with Gasteiger partial charge >= 0.3 is 10.1 Å². The van der Waals surface area contributed by atoms with Gasteiger partial charge in [-0.15, -0.1) is 0 Å². The van der Waals surface area contributed by atoms with Crippen LogP contribution in [0.15, 0.2) is 60.0 Å². The van der Waals surface area contributed by atoms with Crippen molar-refractivity contribution in [1.29, 1.82) is 5.41 Å². The molecular formula is C11H12N4O3S. The molecule has 1 heterocycles. The summed E-state index contributed by atoms with van der Waals surface area (Å²) in [6, 6.07) is 8.43. The van der Waals surface area contributed by atoms with Crippen LogP contribution in [0.3, 0.4) is 0 Å². The van der Waals surface area contributed by atoms with Gasteiger partial charge in [0.25, 0.3) is 6.02 Å². The van der Waals surface area contributed by atoms with E-state index in [4.69, 9.17) is 11.1 Å². The summed E-state index contributed by atoms with van der Waals surface area (Å²) in [5.41, 5.74) is 4.80. The fourth-order valence-electron chi connectivity index (χ4n) is 1.01. The molecule has 0 aliphatic heterocycles. The molecule has 1 aromatic heterocycles. The van der Waals surface area contributed by atoms with Crippen LogP contribution in [0.4, 0.5) is 0 Å². The van der Waals surface area contributed by atoms with Gasteiger partial charge in [-0.05, 0) is 18.2 Å². The third-order valence-corrected chi connectivity index (χ3v) is 2.96. The van der Waals surface area contributed by atoms with Crippen molar-refractivity contribution >= 4 is 16.1 Å². The van der Waals surface area contributed by atoms with Crippen LogP contribution in [0.5, 0.6) is 0 Å². The second-order valence-corrected chi connectivity index (χ2v) is 4.67. The van der Waals surface area contributed by atoms with Crippen molar-refractivity contribution in [2.75, 3.05) is 0 Å². The summed E-state index contributed by atoms with van der Waals surface area (Å²) in [5, 5.41) is 6.68. The summed E-state index contributed by atoms with van der Waals surface area (Å²) < 4.78 is 26.6. The maximum atomic E-state index is 11.2. The molecule has 19 heavy (non-hydrogen) atoms. The van der Waals surface area contributed by atoms with E-state index in [1.807, 2.05) is 0 Å². The van der Waals surface area contributed by atoms with E-state index in [1.54, 1.807) is 36.7 Å². The summed E-state index contributed by atoms with van der Waals surface area (Å²) >= 11 is 0. The Labute approximate surface area is 110 Å². The van der Waals surface area contributed by atoms with Gasteiger partial charge in [-0.1, -0.05) is 18.2 Å². The van der Waals surface area contributed by atoms with E-state index < -0.39 is 16.1 Å². The summed E-state index contributed by atoms with van der Waals surface area (Å²) in [7, 11) is -3.91. The van der Waals surface area contributed by atoms with E-state index in [1.165, 1.54) is 18.5 Å². The molecule has 0 unspecified atom stereocenters. The summed E-state index contributed by atoms with van der Waals surface area (Å²) in [6.45, 7) is 0. The zero-order valence-electron chi connectivity index (χ0n) is 9.80. The van der Waals surface area contributed by atoms with E-state index in [9.17, 15) is 8.42 Å². The van der Waals surface area contributed by atoms with Crippen molar-refractivity contribution in [3.63, 3.8) is 0 Å². The smallest absolute Gasteiger partial charge is 0.341 e. The first-order chi connectivity index (χ1) is 9.02. The van der Waals surface area contributed by atoms with E-state index in [-0.39, 0.29) is 4.90 Å². The lowest BCUT2D eigenvalue weighted by Gasteiger charge is -2.02. The first-order valence-electron chi connectivity index (χ1n) is 5.06. The highest BCUT2D eigenvalue weighted by Crippen LogP contribution is 2.10. The maximum Gasteiger partial charge on any atom is 0.341 e. The lowest BCUT2D eigenvalue weighted by atomic mass is 10.4. The van der Waals surface area contributed by atoms with E-state index >= 15 is 0 Å². The number of hydrogen-bond donors (Lipinski definition) is 2. The minimum atomic E-state index is -3.91. The molecule has 0 saturated carbocycles. The van der Waals surface area contributed by atoms with Crippen molar-refractivity contribution in [2.45, 2.75) is 4.90 Å². The Hall–Kier alpha value is -2.48. The number of rotatable bonds is 2. The number of hydrogen-bond acceptors (Lipinski definition) is 6. The van der Waals surface area contributed by atoms with Crippen LogP contribution in [0.25, 0.3) is 0 Å². The van der Waals surface area contributed by atoms with Gasteiger partial charge in [0.1, 0.15) is 11.2 Å². The number of nitrogens with zero attached hydrogens (tertiary/aromatic N) is 2. The fraction of sp³-hybridized carbons (Fsp3) is 0. The van der Waals surface area contributed by atoms with Gasteiger partial charge in [-0.3, -0.25) is 5.41 Å². The third-order valence-electron chi connectivity index (χ3n) is 1.71. The number of aromatic nitrogens is 2. The molecule has 0 aliphatic rings. The van der Waals surface area contributed by atoms with Crippen molar-refractivity contribution < 1.29 is 12.6 Å². The van der Waals surface area contributed by atoms with Crippen molar-refractivity contribution in [1.82, 2.24) is 9.97 Å². The third kappa shape index (κ3) is 5.59. The summed E-state index contributed by atoms with van der Waals surface area (Å²) in [6.07, 6.45) is 4.88. The average Bonchev–Trinajstić information content (AvgIpc) is 2.41. The SMILES string of the molecule is N=C(N)OS(=O)(=O)c1ccccc1.c1cncnc1. The molecule has 1 aromatic carbocycles. The van der Waals surface area contributed by atoms with Crippen molar-refractivity contribution in [3.05, 3.63) is 55.1 Å². The Bertz CT molecular complexity index is 576. The van der Waals surface area contributed by atoms with E-state index in [0.717, 1.165) is 0 Å². The second-order valence-electron chi connectivity index (χ2n) is 3.12. The molecule has 100 valence electrons. The zero-order chi connectivity index (χ0) is 14.1. The van der Waals surface area contributed by atoms with Crippen LogP contribution in [-0.4, -0.2) is 24.4 Å². The van der Waals surface area contributed by atoms with Crippen LogP contribution in [0.2, 0.25) is 0 Å². The number of nitrogens with two attached hydrogens (primary N) is 1. The van der Waals surface area contributed by atoms with Crippen LogP contribution in [-0.2, 0) is 14.3 Å². The minimum absolute atomic E-state index is 0.0230. The Morgan fingerprint density at radius 3 is 2.05 bits per heavy atom. The van der Waals surface area contributed by atoms with Gasteiger partial charge in [0.2, 0.25) is 0 Å². The zero-order valence-corrected chi connectivity index (χ0v) is 10.6. The quantitative estimate of drug-likeness (QED) is 0.476. The topological polar surface area (TPSA) is 119 Å². The predicted molar refractivity (Wildman–Crippen MR) is 68.7 cm³/mol. The number of benzene rings is 1. The molecule has 0 amide bonds. The van der Waals surface area contributed by atoms with Gasteiger partial charge in [-0.25, -0.2) is 9.97 Å². The van der Waals surface area contributed by atoms with Gasteiger partial charge in [0, 0.05) is 12.4 Å². The molecule has 0 spiro atoms. The normalized spacial score (nSPS) is 9.89. The molecule has 7 nitrogen and oxygen atoms in total. The minimum Gasteiger partial charge on any atom is -0.353 e. The van der Waals surface area contributed by atoms with Crippen LogP contribution >= 0.6 is 0 Å². The molecule has 0 atom stereocenters. The van der Waals surface area contributed by atoms with Gasteiger partial charge in [-0.2, -0.15) is 8.42 Å². The first kappa shape index (κ1) is 14.6. The van der Waals surface area contributed by atoms with Gasteiger partial charge in [0.05, 0.1) is 0 Å². The molecule has 2 rings (SSSR count). The number of amidine groups is 1. The lowest BCUT2D eigenvalue weighted by molar-refractivity contribution is 0.476. The average molecular weight is 280 g/mol. The Morgan fingerprint density at radius 1 is 1.11 bits per heavy atom. The van der Waals surface area contributed by atoms with Gasteiger partial charge < -0.3 is 9.92 Å². The molecule has 0 fully saturated rings. The Kier molecular flexibility index (Phi) is 5.42. The molecule has 0 radical (unpaired) electrons. The van der Waals surface area contributed by atoms with Crippen molar-refractivity contribution in [2.24, 2.45) is 5.73 Å². The van der Waals surface area contributed by atoms with Crippen molar-refractivity contribution in [3.8, 4) is 0 Å². The molecular weight excluding hydrogens is 268 g/mol. The Morgan fingerprint density at radius 2 is 1.68 bits per heavy atom. The van der Waals surface area contributed by atoms with Crippen LogP contribution in [0, 0.1) is 5.41 Å². The monoisotopic (exact) mass is 280 g/mol. The fourth-order valence-corrected chi connectivity index (χ4v) is 1.83. The standard InChI is InChI=1S/C7H8N2O3S.C4H4N2/c8-7(9)12-13(10,11)6-4-2-1-3-5-6;1-2-5-4-6-3-1/h1-5H,(H3,8,9);1-4H. The highest BCUT2D eigenvalue weighted by molar-refractivity contribution is 7.87. The molecule has 3 N–H and O–H groups in total. The highest BCUT2D eigenvalue weighted by atomic mass is 32.2. The summed E-state index contributed by atoms with van der Waals surface area (Å²) in [4.78, 5) is 7.32. The molecule has 8 heteroatoms.